The van der Waals surface area contributed by atoms with Gasteiger partial charge in [-0.2, -0.15) is 0 Å². The fraction of sp³-hybridized carbons (Fsp3) is 0.957. The molecule has 0 saturated heterocycles. The van der Waals surface area contributed by atoms with E-state index in [-0.39, 0.29) is 0 Å². The third-order valence-electron chi connectivity index (χ3n) is 9.25. The molecular weight excluding hydrogens is 292 g/mol. The van der Waals surface area contributed by atoms with E-state index >= 15 is 0 Å². The fourth-order valence-electron chi connectivity index (χ4n) is 8.05. The standard InChI is InChI=1S/C23H38O/c1-4-15-11-16(5-2)22-19-13-17(21(15)22)12-18(19)20(24)14-23(6-3)9-7-8-10-23/h15-19,21-22H,4-14H2,1-3H3. The molecule has 0 aromatic heterocycles. The first-order valence-corrected chi connectivity index (χ1v) is 11.1. The minimum absolute atomic E-state index is 0.393. The van der Waals surface area contributed by atoms with E-state index in [2.05, 4.69) is 20.8 Å². The van der Waals surface area contributed by atoms with Crippen LogP contribution in [0.1, 0.15) is 91.4 Å². The minimum atomic E-state index is 0.393. The fourth-order valence-corrected chi connectivity index (χ4v) is 8.05. The maximum Gasteiger partial charge on any atom is 0.136 e. The first-order valence-electron chi connectivity index (χ1n) is 11.1. The molecule has 0 heterocycles. The minimum Gasteiger partial charge on any atom is -0.299 e. The summed E-state index contributed by atoms with van der Waals surface area (Å²) in [5.74, 6) is 6.60. The summed E-state index contributed by atoms with van der Waals surface area (Å²) in [6.45, 7) is 7.12. The quantitative estimate of drug-likeness (QED) is 0.561. The van der Waals surface area contributed by atoms with E-state index in [9.17, 15) is 4.79 Å². The Labute approximate surface area is 149 Å². The molecule has 1 heteroatoms. The smallest absolute Gasteiger partial charge is 0.136 e. The molecule has 0 spiro atoms. The number of rotatable bonds is 6. The van der Waals surface area contributed by atoms with Gasteiger partial charge in [-0.25, -0.2) is 0 Å². The number of ketones is 1. The van der Waals surface area contributed by atoms with Crippen LogP contribution in [0.5, 0.6) is 0 Å². The average molecular weight is 331 g/mol. The highest BCUT2D eigenvalue weighted by Gasteiger charge is 2.60. The molecule has 136 valence electrons. The molecule has 0 N–H and O–H groups in total. The lowest BCUT2D eigenvalue weighted by Crippen LogP contribution is -2.35. The molecule has 4 saturated carbocycles. The first-order chi connectivity index (χ1) is 11.6. The van der Waals surface area contributed by atoms with Crippen molar-refractivity contribution in [3.63, 3.8) is 0 Å². The number of carbonyl (C=O) groups excluding carboxylic acids is 1. The second kappa shape index (κ2) is 6.44. The molecule has 4 fully saturated rings. The van der Waals surface area contributed by atoms with Crippen LogP contribution in [0, 0.1) is 46.8 Å². The normalized spacial score (nSPS) is 45.7. The summed E-state index contributed by atoms with van der Waals surface area (Å²) in [7, 11) is 0. The predicted octanol–water partition coefficient (Wildman–Crippen LogP) is 6.26. The van der Waals surface area contributed by atoms with Crippen LogP contribution in [0.15, 0.2) is 0 Å². The van der Waals surface area contributed by atoms with Crippen LogP contribution in [0.3, 0.4) is 0 Å². The van der Waals surface area contributed by atoms with Crippen LogP contribution in [-0.2, 0) is 4.79 Å². The number of carbonyl (C=O) groups is 1. The number of hydrogen-bond donors (Lipinski definition) is 0. The molecule has 4 rings (SSSR count). The van der Waals surface area contributed by atoms with E-state index in [1.807, 2.05) is 0 Å². The van der Waals surface area contributed by atoms with Gasteiger partial charge in [-0.3, -0.25) is 4.79 Å². The van der Waals surface area contributed by atoms with Crippen molar-refractivity contribution in [3.05, 3.63) is 0 Å². The molecule has 24 heavy (non-hydrogen) atoms. The van der Waals surface area contributed by atoms with Crippen molar-refractivity contribution in [1.82, 2.24) is 0 Å². The largest absolute Gasteiger partial charge is 0.299 e. The van der Waals surface area contributed by atoms with Gasteiger partial charge in [0.05, 0.1) is 0 Å². The van der Waals surface area contributed by atoms with Crippen LogP contribution in [-0.4, -0.2) is 5.78 Å². The van der Waals surface area contributed by atoms with E-state index in [4.69, 9.17) is 0 Å². The summed E-state index contributed by atoms with van der Waals surface area (Å²) in [6, 6.07) is 0. The maximum absolute atomic E-state index is 13.3. The molecule has 7 atom stereocenters. The van der Waals surface area contributed by atoms with Crippen molar-refractivity contribution >= 4 is 5.78 Å². The zero-order valence-electron chi connectivity index (χ0n) is 16.2. The van der Waals surface area contributed by atoms with Gasteiger partial charge in [0.25, 0.3) is 0 Å². The number of fused-ring (bicyclic) bond motifs is 5. The predicted molar refractivity (Wildman–Crippen MR) is 99.7 cm³/mol. The van der Waals surface area contributed by atoms with Crippen molar-refractivity contribution in [2.24, 2.45) is 46.8 Å². The highest BCUT2D eigenvalue weighted by Crippen LogP contribution is 2.66. The molecule has 4 aliphatic carbocycles. The molecule has 7 unspecified atom stereocenters. The van der Waals surface area contributed by atoms with Crippen LogP contribution in [0.2, 0.25) is 0 Å². The first kappa shape index (κ1) is 17.1. The van der Waals surface area contributed by atoms with Crippen molar-refractivity contribution in [2.75, 3.05) is 0 Å². The number of hydrogen-bond acceptors (Lipinski definition) is 1. The van der Waals surface area contributed by atoms with Crippen molar-refractivity contribution in [1.29, 1.82) is 0 Å². The molecule has 0 aromatic rings. The van der Waals surface area contributed by atoms with E-state index in [1.54, 1.807) is 0 Å². The van der Waals surface area contributed by atoms with Crippen molar-refractivity contribution in [3.8, 4) is 0 Å². The lowest BCUT2D eigenvalue weighted by molar-refractivity contribution is -0.128. The third kappa shape index (κ3) is 2.52. The summed E-state index contributed by atoms with van der Waals surface area (Å²) < 4.78 is 0. The number of Topliss-reactive ketones (excluding diaryl/α,β-unsaturated/α-hetero) is 1. The summed E-state index contributed by atoms with van der Waals surface area (Å²) >= 11 is 0. The van der Waals surface area contributed by atoms with E-state index in [0.717, 1.165) is 41.9 Å². The lowest BCUT2D eigenvalue weighted by atomic mass is 9.67. The zero-order chi connectivity index (χ0) is 16.9. The van der Waals surface area contributed by atoms with Crippen LogP contribution in [0.4, 0.5) is 0 Å². The van der Waals surface area contributed by atoms with Gasteiger partial charge in [0.2, 0.25) is 0 Å². The Bertz CT molecular complexity index is 474. The van der Waals surface area contributed by atoms with Gasteiger partial charge in [0.1, 0.15) is 5.78 Å². The molecule has 1 nitrogen and oxygen atoms in total. The summed E-state index contributed by atoms with van der Waals surface area (Å²) in [6.07, 6.45) is 14.3. The zero-order valence-corrected chi connectivity index (χ0v) is 16.2. The Balaban J connectivity index is 1.48. The Morgan fingerprint density at radius 3 is 2.21 bits per heavy atom. The highest BCUT2D eigenvalue weighted by molar-refractivity contribution is 5.82. The Hall–Kier alpha value is -0.330. The Kier molecular flexibility index (Phi) is 4.59. The van der Waals surface area contributed by atoms with E-state index < -0.39 is 0 Å². The molecule has 0 aromatic carbocycles. The maximum atomic E-state index is 13.3. The third-order valence-corrected chi connectivity index (χ3v) is 9.25. The monoisotopic (exact) mass is 330 g/mol. The topological polar surface area (TPSA) is 17.1 Å². The van der Waals surface area contributed by atoms with Gasteiger partial charge in [0, 0.05) is 12.3 Å². The highest BCUT2D eigenvalue weighted by atomic mass is 16.1. The van der Waals surface area contributed by atoms with Gasteiger partial charge in [-0.1, -0.05) is 52.9 Å². The molecule has 2 bridgehead atoms. The molecule has 0 radical (unpaired) electrons. The average Bonchev–Trinajstić information content (AvgIpc) is 3.34. The Morgan fingerprint density at radius 2 is 1.58 bits per heavy atom. The van der Waals surface area contributed by atoms with Crippen LogP contribution >= 0.6 is 0 Å². The van der Waals surface area contributed by atoms with Gasteiger partial charge in [-0.05, 0) is 73.0 Å². The van der Waals surface area contributed by atoms with E-state index in [0.29, 0.717) is 17.1 Å². The van der Waals surface area contributed by atoms with Crippen LogP contribution in [0.25, 0.3) is 0 Å². The Morgan fingerprint density at radius 1 is 0.917 bits per heavy atom. The van der Waals surface area contributed by atoms with Gasteiger partial charge in [0.15, 0.2) is 0 Å². The summed E-state index contributed by atoms with van der Waals surface area (Å²) in [4.78, 5) is 13.3. The SMILES string of the molecule is CCC1CC(CC)C2C3CC(CC3C(=O)CC3(CC)CCCC3)C12. The lowest BCUT2D eigenvalue weighted by Gasteiger charge is -2.37. The second-order valence-electron chi connectivity index (χ2n) is 9.93. The summed E-state index contributed by atoms with van der Waals surface area (Å²) in [5.41, 5.74) is 0.393. The van der Waals surface area contributed by atoms with Gasteiger partial charge in [-0.15, -0.1) is 0 Å². The van der Waals surface area contributed by atoms with Crippen molar-refractivity contribution < 1.29 is 4.79 Å². The summed E-state index contributed by atoms with van der Waals surface area (Å²) in [5, 5.41) is 0. The van der Waals surface area contributed by atoms with Crippen LogP contribution < -0.4 is 0 Å². The second-order valence-corrected chi connectivity index (χ2v) is 9.93. The molecule has 4 aliphatic rings. The van der Waals surface area contributed by atoms with Gasteiger partial charge < -0.3 is 0 Å². The molecule has 0 amide bonds. The molecule has 0 aliphatic heterocycles. The van der Waals surface area contributed by atoms with Gasteiger partial charge >= 0.3 is 0 Å². The molecular formula is C23H38O. The van der Waals surface area contributed by atoms with E-state index in [1.165, 1.54) is 64.2 Å². The van der Waals surface area contributed by atoms with Crippen molar-refractivity contribution in [2.45, 2.75) is 91.4 Å².